The first-order valence-electron chi connectivity index (χ1n) is 10.8. The molecule has 0 bridgehead atoms. The molecule has 1 atom stereocenters. The normalized spacial score (nSPS) is 16.1. The second-order valence-electron chi connectivity index (χ2n) is 7.67. The first kappa shape index (κ1) is 23.2. The van der Waals surface area contributed by atoms with Crippen LogP contribution in [0.15, 0.2) is 54.6 Å². The van der Waals surface area contributed by atoms with Crippen molar-refractivity contribution in [3.63, 3.8) is 0 Å². The fourth-order valence-corrected chi connectivity index (χ4v) is 4.25. The number of para-hydroxylation sites is 1. The predicted octanol–water partition coefficient (Wildman–Crippen LogP) is 5.64. The summed E-state index contributed by atoms with van der Waals surface area (Å²) in [6, 6.07) is 15.7. The number of hydrogen-bond acceptors (Lipinski definition) is 3. The number of hydrogen-bond donors (Lipinski definition) is 1. The Bertz CT molecular complexity index is 905. The van der Waals surface area contributed by atoms with E-state index < -0.39 is 6.04 Å². The minimum Gasteiger partial charge on any atom is -0.336 e. The van der Waals surface area contributed by atoms with E-state index in [-0.39, 0.29) is 18.2 Å². The third-order valence-electron chi connectivity index (χ3n) is 5.34. The van der Waals surface area contributed by atoms with Gasteiger partial charge in [0, 0.05) is 17.3 Å². The molecule has 2 aromatic carbocycles. The van der Waals surface area contributed by atoms with Gasteiger partial charge in [-0.05, 0) is 55.0 Å². The summed E-state index contributed by atoms with van der Waals surface area (Å²) in [5.74, 6) is -0.384. The van der Waals surface area contributed by atoms with Crippen molar-refractivity contribution in [3.05, 3.63) is 59.6 Å². The third kappa shape index (κ3) is 6.05. The molecule has 3 rings (SSSR count). The van der Waals surface area contributed by atoms with Gasteiger partial charge in [0.1, 0.15) is 6.04 Å². The van der Waals surface area contributed by atoms with Gasteiger partial charge in [0.25, 0.3) is 5.91 Å². The summed E-state index contributed by atoms with van der Waals surface area (Å²) < 4.78 is 0. The highest BCUT2D eigenvalue weighted by Gasteiger charge is 2.43. The van der Waals surface area contributed by atoms with Crippen molar-refractivity contribution in [2.75, 3.05) is 16.8 Å². The van der Waals surface area contributed by atoms with Gasteiger partial charge in [-0.1, -0.05) is 62.4 Å². The van der Waals surface area contributed by atoms with Crippen LogP contribution in [0.3, 0.4) is 0 Å². The van der Waals surface area contributed by atoms with Crippen LogP contribution < -0.4 is 10.2 Å². The summed E-state index contributed by atoms with van der Waals surface area (Å²) in [6.07, 6.45) is 5.60. The van der Waals surface area contributed by atoms with Gasteiger partial charge in [0.2, 0.25) is 5.91 Å². The van der Waals surface area contributed by atoms with Gasteiger partial charge in [-0.25, -0.2) is 0 Å². The smallest absolute Gasteiger partial charge is 0.256 e. The number of amides is 2. The van der Waals surface area contributed by atoms with Crippen LogP contribution in [-0.4, -0.2) is 34.4 Å². The molecule has 1 aliphatic heterocycles. The van der Waals surface area contributed by atoms with Gasteiger partial charge in [-0.3, -0.25) is 14.5 Å². The molecule has 5 nitrogen and oxygen atoms in total. The van der Waals surface area contributed by atoms with E-state index in [4.69, 9.17) is 23.8 Å². The third-order valence-corrected chi connectivity index (χ3v) is 6.01. The number of halogens is 1. The lowest BCUT2D eigenvalue weighted by Crippen LogP contribution is -2.38. The van der Waals surface area contributed by atoms with Crippen LogP contribution in [0.5, 0.6) is 0 Å². The quantitative estimate of drug-likeness (QED) is 0.370. The molecule has 2 aromatic rings. The van der Waals surface area contributed by atoms with Crippen LogP contribution in [0, 0.1) is 0 Å². The van der Waals surface area contributed by atoms with Crippen LogP contribution >= 0.6 is 23.8 Å². The number of unbranched alkanes of at least 4 members (excludes halogenated alkanes) is 4. The van der Waals surface area contributed by atoms with E-state index in [2.05, 4.69) is 12.2 Å². The number of rotatable bonds is 10. The fraction of sp³-hybridized carbons (Fsp3) is 0.375. The van der Waals surface area contributed by atoms with Gasteiger partial charge in [-0.2, -0.15) is 0 Å². The van der Waals surface area contributed by atoms with Crippen LogP contribution in [0.25, 0.3) is 0 Å². The molecule has 0 aliphatic carbocycles. The number of benzene rings is 2. The molecule has 31 heavy (non-hydrogen) atoms. The first-order chi connectivity index (χ1) is 15.0. The molecule has 7 heteroatoms. The summed E-state index contributed by atoms with van der Waals surface area (Å²) in [6.45, 7) is 2.85. The standard InChI is InChI=1S/C24H28ClN3O2S/c1-2-3-4-5-9-16-27-21(17-22(29)26-19-14-12-18(25)13-15-19)23(30)28(24(27)31)20-10-7-6-8-11-20/h6-8,10-15,21H,2-5,9,16-17H2,1H3,(H,26,29). The monoisotopic (exact) mass is 457 g/mol. The maximum Gasteiger partial charge on any atom is 0.256 e. The lowest BCUT2D eigenvalue weighted by molar-refractivity contribution is -0.124. The number of carbonyl (C=O) groups excluding carboxylic acids is 2. The van der Waals surface area contributed by atoms with Gasteiger partial charge in [-0.15, -0.1) is 0 Å². The molecular formula is C24H28ClN3O2S. The van der Waals surface area contributed by atoms with Crippen molar-refractivity contribution < 1.29 is 9.59 Å². The van der Waals surface area contributed by atoms with Gasteiger partial charge in [0.15, 0.2) is 5.11 Å². The number of carbonyl (C=O) groups is 2. The minimum atomic E-state index is -0.605. The zero-order chi connectivity index (χ0) is 22.2. The van der Waals surface area contributed by atoms with Gasteiger partial charge in [0.05, 0.1) is 12.1 Å². The Morgan fingerprint density at radius 1 is 1.03 bits per heavy atom. The van der Waals surface area contributed by atoms with Gasteiger partial charge < -0.3 is 10.2 Å². The van der Waals surface area contributed by atoms with Crippen molar-refractivity contribution in [1.29, 1.82) is 0 Å². The van der Waals surface area contributed by atoms with E-state index in [1.54, 1.807) is 29.2 Å². The number of thiocarbonyl (C=S) groups is 1. The van der Waals surface area contributed by atoms with Crippen LogP contribution in [0.4, 0.5) is 11.4 Å². The predicted molar refractivity (Wildman–Crippen MR) is 130 cm³/mol. The van der Waals surface area contributed by atoms with E-state index in [1.807, 2.05) is 35.2 Å². The first-order valence-corrected chi connectivity index (χ1v) is 11.5. The second-order valence-corrected chi connectivity index (χ2v) is 8.48. The zero-order valence-electron chi connectivity index (χ0n) is 17.7. The maximum atomic E-state index is 13.3. The molecule has 0 radical (unpaired) electrons. The van der Waals surface area contributed by atoms with E-state index >= 15 is 0 Å². The zero-order valence-corrected chi connectivity index (χ0v) is 19.3. The average molecular weight is 458 g/mol. The summed E-state index contributed by atoms with van der Waals surface area (Å²) in [5.41, 5.74) is 1.38. The molecule has 1 saturated heterocycles. The number of nitrogens with one attached hydrogen (secondary N) is 1. The summed E-state index contributed by atoms with van der Waals surface area (Å²) in [4.78, 5) is 29.5. The van der Waals surface area contributed by atoms with Crippen LogP contribution in [0.1, 0.15) is 45.4 Å². The summed E-state index contributed by atoms with van der Waals surface area (Å²) >= 11 is 11.6. The Morgan fingerprint density at radius 3 is 2.39 bits per heavy atom. The lowest BCUT2D eigenvalue weighted by Gasteiger charge is -2.24. The van der Waals surface area contributed by atoms with Crippen LogP contribution in [-0.2, 0) is 9.59 Å². The Labute approximate surface area is 194 Å². The fourth-order valence-electron chi connectivity index (χ4n) is 3.71. The lowest BCUT2D eigenvalue weighted by atomic mass is 10.1. The summed E-state index contributed by atoms with van der Waals surface area (Å²) in [7, 11) is 0. The molecule has 1 unspecified atom stereocenters. The molecule has 1 heterocycles. The number of anilines is 2. The van der Waals surface area contributed by atoms with Crippen molar-refractivity contribution >= 4 is 52.1 Å². The molecule has 2 amide bonds. The van der Waals surface area contributed by atoms with E-state index in [0.29, 0.717) is 22.4 Å². The molecular weight excluding hydrogens is 430 g/mol. The second kappa shape index (κ2) is 11.3. The molecule has 164 valence electrons. The van der Waals surface area contributed by atoms with Crippen LogP contribution in [0.2, 0.25) is 5.02 Å². The Hall–Kier alpha value is -2.44. The molecule has 0 spiro atoms. The topological polar surface area (TPSA) is 52.7 Å². The summed E-state index contributed by atoms with van der Waals surface area (Å²) in [5, 5.41) is 3.92. The molecule has 1 aliphatic rings. The highest BCUT2D eigenvalue weighted by molar-refractivity contribution is 7.80. The largest absolute Gasteiger partial charge is 0.336 e. The SMILES string of the molecule is CCCCCCCN1C(=S)N(c2ccccc2)C(=O)C1CC(=O)Nc1ccc(Cl)cc1. The minimum absolute atomic E-state index is 0.0416. The molecule has 1 N–H and O–H groups in total. The molecule has 0 saturated carbocycles. The van der Waals surface area contributed by atoms with Crippen molar-refractivity contribution in [1.82, 2.24) is 4.90 Å². The highest BCUT2D eigenvalue weighted by atomic mass is 35.5. The Kier molecular flexibility index (Phi) is 8.43. The van der Waals surface area contributed by atoms with Crippen molar-refractivity contribution in [2.24, 2.45) is 0 Å². The van der Waals surface area contributed by atoms with E-state index in [9.17, 15) is 9.59 Å². The van der Waals surface area contributed by atoms with Gasteiger partial charge >= 0.3 is 0 Å². The van der Waals surface area contributed by atoms with Crippen molar-refractivity contribution in [2.45, 2.75) is 51.5 Å². The molecule has 0 aromatic heterocycles. The van der Waals surface area contributed by atoms with E-state index in [0.717, 1.165) is 24.9 Å². The maximum absolute atomic E-state index is 13.3. The Balaban J connectivity index is 1.72. The van der Waals surface area contributed by atoms with Crippen molar-refractivity contribution in [3.8, 4) is 0 Å². The molecule has 1 fully saturated rings. The van der Waals surface area contributed by atoms with E-state index in [1.165, 1.54) is 12.8 Å². The average Bonchev–Trinajstić information content (AvgIpc) is 2.99. The Morgan fingerprint density at radius 2 is 1.71 bits per heavy atom. The number of nitrogens with zero attached hydrogens (tertiary/aromatic N) is 2. The highest BCUT2D eigenvalue weighted by Crippen LogP contribution is 2.28.